The predicted octanol–water partition coefficient (Wildman–Crippen LogP) is 5.89. The zero-order chi connectivity index (χ0) is 21.2. The van der Waals surface area contributed by atoms with Crippen molar-refractivity contribution in [2.75, 3.05) is 4.90 Å². The van der Waals surface area contributed by atoms with E-state index in [-0.39, 0.29) is 5.91 Å². The summed E-state index contributed by atoms with van der Waals surface area (Å²) >= 11 is 7.65. The molecule has 1 aliphatic heterocycles. The first-order valence-electron chi connectivity index (χ1n) is 9.69. The minimum absolute atomic E-state index is 0.101. The molecule has 1 aromatic heterocycles. The standard InChI is InChI=1S/C24H17ClN4OS/c25-19-9-5-4-6-17(19)14-26-24-29(18-7-2-1-3-8-18)23(30)22(31-24)13-16-10-11-20-21(12-16)28-15-27-20/h1-13,15H,14H2,(H,27,28). The number of amides is 1. The number of rotatable bonds is 4. The van der Waals surface area contributed by atoms with E-state index < -0.39 is 0 Å². The molecule has 3 aromatic carbocycles. The van der Waals surface area contributed by atoms with Crippen LogP contribution in [0, 0.1) is 0 Å². The van der Waals surface area contributed by atoms with Gasteiger partial charge < -0.3 is 4.98 Å². The fourth-order valence-electron chi connectivity index (χ4n) is 3.35. The van der Waals surface area contributed by atoms with Crippen LogP contribution in [0.1, 0.15) is 11.1 Å². The van der Waals surface area contributed by atoms with Gasteiger partial charge in [0.25, 0.3) is 5.91 Å². The average Bonchev–Trinajstić information content (AvgIpc) is 3.38. The number of nitrogens with one attached hydrogen (secondary N) is 1. The monoisotopic (exact) mass is 444 g/mol. The molecule has 152 valence electrons. The number of halogens is 1. The van der Waals surface area contributed by atoms with Gasteiger partial charge in [-0.2, -0.15) is 0 Å². The van der Waals surface area contributed by atoms with E-state index in [1.54, 1.807) is 11.2 Å². The lowest BCUT2D eigenvalue weighted by Gasteiger charge is -2.15. The first-order valence-corrected chi connectivity index (χ1v) is 10.9. The van der Waals surface area contributed by atoms with Crippen LogP contribution in [0.3, 0.4) is 0 Å². The summed E-state index contributed by atoms with van der Waals surface area (Å²) in [5.41, 5.74) is 4.43. The lowest BCUT2D eigenvalue weighted by Crippen LogP contribution is -2.28. The molecule has 0 radical (unpaired) electrons. The Morgan fingerprint density at radius 1 is 1.06 bits per heavy atom. The number of hydrogen-bond donors (Lipinski definition) is 1. The van der Waals surface area contributed by atoms with Crippen molar-refractivity contribution in [2.45, 2.75) is 6.54 Å². The van der Waals surface area contributed by atoms with Gasteiger partial charge >= 0.3 is 0 Å². The van der Waals surface area contributed by atoms with E-state index in [1.807, 2.05) is 78.9 Å². The molecule has 7 heteroatoms. The molecule has 1 N–H and O–H groups in total. The third kappa shape index (κ3) is 4.00. The minimum Gasteiger partial charge on any atom is -0.345 e. The molecule has 1 fully saturated rings. The lowest BCUT2D eigenvalue weighted by molar-refractivity contribution is -0.113. The number of benzene rings is 3. The van der Waals surface area contributed by atoms with Gasteiger partial charge in [0.05, 0.1) is 34.5 Å². The summed E-state index contributed by atoms with van der Waals surface area (Å²) in [5, 5.41) is 1.29. The number of para-hydroxylation sites is 1. The number of carbonyl (C=O) groups excluding carboxylic acids is 1. The summed E-state index contributed by atoms with van der Waals surface area (Å²) in [6.45, 7) is 0.394. The zero-order valence-corrected chi connectivity index (χ0v) is 17.9. The normalized spacial score (nSPS) is 16.7. The van der Waals surface area contributed by atoms with Crippen LogP contribution >= 0.6 is 23.4 Å². The van der Waals surface area contributed by atoms with Crippen LogP contribution in [0.2, 0.25) is 5.02 Å². The van der Waals surface area contributed by atoms with Gasteiger partial charge in [-0.3, -0.25) is 14.7 Å². The van der Waals surface area contributed by atoms with E-state index in [9.17, 15) is 4.79 Å². The van der Waals surface area contributed by atoms with Crippen molar-refractivity contribution in [1.29, 1.82) is 0 Å². The average molecular weight is 445 g/mol. The van der Waals surface area contributed by atoms with Gasteiger partial charge in [-0.05, 0) is 59.3 Å². The topological polar surface area (TPSA) is 61.4 Å². The highest BCUT2D eigenvalue weighted by Gasteiger charge is 2.34. The molecule has 0 spiro atoms. The van der Waals surface area contributed by atoms with Gasteiger partial charge in [-0.1, -0.05) is 54.1 Å². The minimum atomic E-state index is -0.101. The van der Waals surface area contributed by atoms with Gasteiger partial charge in [0.15, 0.2) is 5.17 Å². The number of H-pyrrole nitrogens is 1. The van der Waals surface area contributed by atoms with Crippen molar-refractivity contribution >= 4 is 57.2 Å². The number of nitrogens with zero attached hydrogens (tertiary/aromatic N) is 3. The number of aliphatic imine (C=N–C) groups is 1. The van der Waals surface area contributed by atoms with E-state index in [0.29, 0.717) is 21.6 Å². The Morgan fingerprint density at radius 2 is 1.87 bits per heavy atom. The number of hydrogen-bond acceptors (Lipinski definition) is 4. The van der Waals surface area contributed by atoms with Crippen molar-refractivity contribution < 1.29 is 4.79 Å². The summed E-state index contributed by atoms with van der Waals surface area (Å²) in [6, 6.07) is 23.0. The Labute approximate surface area is 188 Å². The van der Waals surface area contributed by atoms with Crippen LogP contribution < -0.4 is 4.90 Å². The van der Waals surface area contributed by atoms with E-state index >= 15 is 0 Å². The van der Waals surface area contributed by atoms with Crippen LogP contribution in [0.25, 0.3) is 17.1 Å². The maximum absolute atomic E-state index is 13.3. The van der Waals surface area contributed by atoms with Gasteiger partial charge in [0, 0.05) is 5.02 Å². The Bertz CT molecular complexity index is 1330. The fraction of sp³-hybridized carbons (Fsp3) is 0.0417. The van der Waals surface area contributed by atoms with Crippen molar-refractivity contribution in [1.82, 2.24) is 9.97 Å². The third-order valence-electron chi connectivity index (χ3n) is 4.91. The lowest BCUT2D eigenvalue weighted by atomic mass is 10.2. The SMILES string of the molecule is O=C1C(=Cc2ccc3[nH]cnc3c2)SC(=NCc2ccccc2Cl)N1c1ccccc1. The van der Waals surface area contributed by atoms with Crippen LogP contribution in [-0.4, -0.2) is 21.0 Å². The summed E-state index contributed by atoms with van der Waals surface area (Å²) in [6.07, 6.45) is 3.54. The number of carbonyl (C=O) groups is 1. The van der Waals surface area contributed by atoms with Crippen LogP contribution in [0.5, 0.6) is 0 Å². The van der Waals surface area contributed by atoms with E-state index in [2.05, 4.69) is 9.97 Å². The Balaban J connectivity index is 1.51. The predicted molar refractivity (Wildman–Crippen MR) is 128 cm³/mol. The summed E-state index contributed by atoms with van der Waals surface area (Å²) in [7, 11) is 0. The molecule has 31 heavy (non-hydrogen) atoms. The Morgan fingerprint density at radius 3 is 2.71 bits per heavy atom. The maximum Gasteiger partial charge on any atom is 0.271 e. The number of fused-ring (bicyclic) bond motifs is 1. The van der Waals surface area contributed by atoms with Crippen LogP contribution in [0.15, 0.2) is 89.0 Å². The number of aromatic amines is 1. The largest absolute Gasteiger partial charge is 0.345 e. The molecule has 0 saturated carbocycles. The first-order chi connectivity index (χ1) is 15.2. The number of imidazole rings is 1. The molecule has 0 bridgehead atoms. The second-order valence-corrected chi connectivity index (χ2v) is 8.37. The first kappa shape index (κ1) is 19.6. The fourth-order valence-corrected chi connectivity index (χ4v) is 4.53. The van der Waals surface area contributed by atoms with Gasteiger partial charge in [-0.25, -0.2) is 4.98 Å². The second-order valence-electron chi connectivity index (χ2n) is 6.96. The number of aromatic nitrogens is 2. The molecule has 0 aliphatic carbocycles. The summed E-state index contributed by atoms with van der Waals surface area (Å²) < 4.78 is 0. The summed E-state index contributed by atoms with van der Waals surface area (Å²) in [5.74, 6) is -0.101. The maximum atomic E-state index is 13.3. The molecule has 1 saturated heterocycles. The second kappa shape index (κ2) is 8.41. The Kier molecular flexibility index (Phi) is 5.32. The number of amidine groups is 1. The molecule has 4 aromatic rings. The molecule has 5 nitrogen and oxygen atoms in total. The smallest absolute Gasteiger partial charge is 0.271 e. The van der Waals surface area contributed by atoms with Crippen molar-refractivity contribution in [3.63, 3.8) is 0 Å². The summed E-state index contributed by atoms with van der Waals surface area (Å²) in [4.78, 5) is 27.7. The molecular weight excluding hydrogens is 428 g/mol. The highest BCUT2D eigenvalue weighted by Crippen LogP contribution is 2.36. The number of anilines is 1. The zero-order valence-electron chi connectivity index (χ0n) is 16.3. The molecule has 2 heterocycles. The molecule has 5 rings (SSSR count). The highest BCUT2D eigenvalue weighted by atomic mass is 35.5. The van der Waals surface area contributed by atoms with Gasteiger partial charge in [0.2, 0.25) is 0 Å². The highest BCUT2D eigenvalue weighted by molar-refractivity contribution is 8.19. The molecule has 0 atom stereocenters. The van der Waals surface area contributed by atoms with Gasteiger partial charge in [0.1, 0.15) is 0 Å². The van der Waals surface area contributed by atoms with Crippen LogP contribution in [0.4, 0.5) is 5.69 Å². The van der Waals surface area contributed by atoms with E-state index in [4.69, 9.17) is 16.6 Å². The van der Waals surface area contributed by atoms with Crippen LogP contribution in [-0.2, 0) is 11.3 Å². The quantitative estimate of drug-likeness (QED) is 0.399. The van der Waals surface area contributed by atoms with Crippen molar-refractivity contribution in [3.05, 3.63) is 100 Å². The van der Waals surface area contributed by atoms with E-state index in [0.717, 1.165) is 27.8 Å². The molecular formula is C24H17ClN4OS. The molecule has 0 unspecified atom stereocenters. The van der Waals surface area contributed by atoms with E-state index in [1.165, 1.54) is 11.8 Å². The third-order valence-corrected chi connectivity index (χ3v) is 6.28. The molecule has 1 aliphatic rings. The van der Waals surface area contributed by atoms with Crippen molar-refractivity contribution in [3.8, 4) is 0 Å². The number of thioether (sulfide) groups is 1. The van der Waals surface area contributed by atoms with Gasteiger partial charge in [-0.15, -0.1) is 0 Å². The molecule has 1 amide bonds. The van der Waals surface area contributed by atoms with Crippen molar-refractivity contribution in [2.24, 2.45) is 4.99 Å². The Hall–Kier alpha value is -3.35.